The Balaban J connectivity index is 1.43. The van der Waals surface area contributed by atoms with Crippen molar-refractivity contribution in [3.63, 3.8) is 0 Å². The molecule has 1 aliphatic rings. The summed E-state index contributed by atoms with van der Waals surface area (Å²) in [4.78, 5) is 4.75. The van der Waals surface area contributed by atoms with Gasteiger partial charge in [0.1, 0.15) is 5.82 Å². The maximum absolute atomic E-state index is 14.7. The van der Waals surface area contributed by atoms with Crippen molar-refractivity contribution in [1.29, 1.82) is 0 Å². The van der Waals surface area contributed by atoms with E-state index in [4.69, 9.17) is 0 Å². The first-order valence-electron chi connectivity index (χ1n) is 10.9. The number of piperazine rings is 1. The van der Waals surface area contributed by atoms with E-state index in [0.29, 0.717) is 41.0 Å². The van der Waals surface area contributed by atoms with Crippen molar-refractivity contribution < 1.29 is 17.6 Å². The first-order chi connectivity index (χ1) is 15.8. The molecule has 4 rings (SSSR count). The first-order valence-corrected chi connectivity index (χ1v) is 11.9. The largest absolute Gasteiger partial charge is 0.398 e. The highest BCUT2D eigenvalue weighted by Crippen LogP contribution is 2.34. The predicted molar refractivity (Wildman–Crippen MR) is 127 cm³/mol. The molecule has 174 valence electrons. The lowest BCUT2D eigenvalue weighted by Crippen LogP contribution is -2.46. The van der Waals surface area contributed by atoms with Crippen LogP contribution in [0.15, 0.2) is 71.6 Å². The molecule has 1 heterocycles. The van der Waals surface area contributed by atoms with Gasteiger partial charge in [0.25, 0.3) is 0 Å². The van der Waals surface area contributed by atoms with Crippen molar-refractivity contribution in [3.8, 4) is 11.1 Å². The molecule has 1 saturated heterocycles. The third kappa shape index (κ3) is 6.09. The second-order valence-electron chi connectivity index (χ2n) is 8.26. The standard InChI is InChI=1S/C26H26F4N2S/c1-19-15-23(27)24(16-25(19)33-18-26(28,29)30)32-13-11-31(12-14-32)17-21-9-5-6-10-22(21)20-7-3-2-4-8-20/h2-10,15-16H,11-14,17-18H2,1H3. The van der Waals surface area contributed by atoms with Gasteiger partial charge in [0.05, 0.1) is 11.4 Å². The van der Waals surface area contributed by atoms with Gasteiger partial charge >= 0.3 is 6.18 Å². The van der Waals surface area contributed by atoms with Gasteiger partial charge < -0.3 is 4.90 Å². The van der Waals surface area contributed by atoms with Crippen molar-refractivity contribution in [2.24, 2.45) is 0 Å². The summed E-state index contributed by atoms with van der Waals surface area (Å²) in [6, 6.07) is 21.5. The fourth-order valence-electron chi connectivity index (χ4n) is 4.14. The van der Waals surface area contributed by atoms with Crippen LogP contribution in [0.2, 0.25) is 0 Å². The molecule has 0 N–H and O–H groups in total. The Morgan fingerprint density at radius 2 is 1.55 bits per heavy atom. The van der Waals surface area contributed by atoms with Crippen LogP contribution >= 0.6 is 11.8 Å². The number of rotatable bonds is 6. The molecule has 33 heavy (non-hydrogen) atoms. The third-order valence-corrected chi connectivity index (χ3v) is 7.07. The molecule has 0 radical (unpaired) electrons. The lowest BCUT2D eigenvalue weighted by Gasteiger charge is -2.36. The number of alkyl halides is 3. The Bertz CT molecular complexity index is 1080. The molecular weight excluding hydrogens is 448 g/mol. The fourth-order valence-corrected chi connectivity index (χ4v) is 4.95. The van der Waals surface area contributed by atoms with Crippen LogP contribution in [-0.4, -0.2) is 43.0 Å². The lowest BCUT2D eigenvalue weighted by molar-refractivity contribution is -0.105. The summed E-state index contributed by atoms with van der Waals surface area (Å²) in [5.41, 5.74) is 4.54. The van der Waals surface area contributed by atoms with Crippen LogP contribution in [0.1, 0.15) is 11.1 Å². The summed E-state index contributed by atoms with van der Waals surface area (Å²) >= 11 is 0.714. The maximum atomic E-state index is 14.7. The minimum Gasteiger partial charge on any atom is -0.367 e. The average Bonchev–Trinajstić information content (AvgIpc) is 2.80. The van der Waals surface area contributed by atoms with Crippen LogP contribution in [-0.2, 0) is 6.54 Å². The van der Waals surface area contributed by atoms with Gasteiger partial charge in [0.15, 0.2) is 0 Å². The number of aryl methyl sites for hydroxylation is 1. The summed E-state index contributed by atoms with van der Waals surface area (Å²) in [6.07, 6.45) is -4.26. The molecule has 0 aliphatic carbocycles. The van der Waals surface area contributed by atoms with Gasteiger partial charge in [0.2, 0.25) is 0 Å². The molecular formula is C26H26F4N2S. The summed E-state index contributed by atoms with van der Waals surface area (Å²) < 4.78 is 52.7. The smallest absolute Gasteiger partial charge is 0.367 e. The van der Waals surface area contributed by atoms with Gasteiger partial charge in [-0.05, 0) is 41.3 Å². The summed E-state index contributed by atoms with van der Waals surface area (Å²) in [6.45, 7) is 5.19. The molecule has 3 aromatic rings. The second kappa shape index (κ2) is 10.2. The molecule has 0 atom stereocenters. The highest BCUT2D eigenvalue weighted by atomic mass is 32.2. The van der Waals surface area contributed by atoms with Crippen LogP contribution in [0.3, 0.4) is 0 Å². The quantitative estimate of drug-likeness (QED) is 0.287. The molecule has 0 bridgehead atoms. The minimum absolute atomic E-state index is 0.383. The number of nitrogens with zero attached hydrogens (tertiary/aromatic N) is 2. The van der Waals surface area contributed by atoms with Crippen molar-refractivity contribution in [2.75, 3.05) is 36.8 Å². The molecule has 0 spiro atoms. The lowest BCUT2D eigenvalue weighted by atomic mass is 9.99. The Morgan fingerprint density at radius 1 is 0.879 bits per heavy atom. The number of benzene rings is 3. The van der Waals surface area contributed by atoms with E-state index in [1.165, 1.54) is 22.8 Å². The minimum atomic E-state index is -4.26. The second-order valence-corrected chi connectivity index (χ2v) is 9.28. The molecule has 7 heteroatoms. The van der Waals surface area contributed by atoms with Gasteiger partial charge in [-0.25, -0.2) is 4.39 Å². The third-order valence-electron chi connectivity index (χ3n) is 5.84. The Kier molecular flexibility index (Phi) is 7.29. The van der Waals surface area contributed by atoms with E-state index < -0.39 is 11.9 Å². The molecule has 2 nitrogen and oxygen atoms in total. The van der Waals surface area contributed by atoms with Crippen molar-refractivity contribution >= 4 is 17.4 Å². The van der Waals surface area contributed by atoms with Crippen molar-refractivity contribution in [1.82, 2.24) is 4.90 Å². The van der Waals surface area contributed by atoms with Gasteiger partial charge in [-0.15, -0.1) is 11.8 Å². The highest BCUT2D eigenvalue weighted by molar-refractivity contribution is 7.99. The van der Waals surface area contributed by atoms with Gasteiger partial charge in [-0.2, -0.15) is 13.2 Å². The van der Waals surface area contributed by atoms with E-state index >= 15 is 0 Å². The monoisotopic (exact) mass is 474 g/mol. The number of anilines is 1. The zero-order chi connectivity index (χ0) is 23.4. The summed E-state index contributed by atoms with van der Waals surface area (Å²) in [7, 11) is 0. The first kappa shape index (κ1) is 23.6. The van der Waals surface area contributed by atoms with Crippen LogP contribution in [0.4, 0.5) is 23.2 Å². The van der Waals surface area contributed by atoms with E-state index in [1.54, 1.807) is 13.0 Å². The van der Waals surface area contributed by atoms with Crippen LogP contribution < -0.4 is 4.90 Å². The Labute approximate surface area is 196 Å². The normalized spacial score (nSPS) is 15.1. The van der Waals surface area contributed by atoms with Gasteiger partial charge in [0, 0.05) is 37.6 Å². The van der Waals surface area contributed by atoms with Crippen LogP contribution in [0.25, 0.3) is 11.1 Å². The highest BCUT2D eigenvalue weighted by Gasteiger charge is 2.28. The van der Waals surface area contributed by atoms with Crippen LogP contribution in [0, 0.1) is 12.7 Å². The molecule has 3 aromatic carbocycles. The van der Waals surface area contributed by atoms with E-state index in [0.717, 1.165) is 19.6 Å². The zero-order valence-corrected chi connectivity index (χ0v) is 19.2. The Hall–Kier alpha value is -2.51. The number of hydrogen-bond donors (Lipinski definition) is 0. The van der Waals surface area contributed by atoms with E-state index in [2.05, 4.69) is 29.2 Å². The van der Waals surface area contributed by atoms with E-state index in [9.17, 15) is 17.6 Å². The molecule has 0 saturated carbocycles. The SMILES string of the molecule is Cc1cc(F)c(N2CCN(Cc3ccccc3-c3ccccc3)CC2)cc1SCC(F)(F)F. The summed E-state index contributed by atoms with van der Waals surface area (Å²) in [5.74, 6) is -1.36. The summed E-state index contributed by atoms with van der Waals surface area (Å²) in [5, 5.41) is 0. The molecule has 1 fully saturated rings. The van der Waals surface area contributed by atoms with Crippen molar-refractivity contribution in [2.45, 2.75) is 24.5 Å². The molecule has 0 aromatic heterocycles. The zero-order valence-electron chi connectivity index (χ0n) is 18.4. The van der Waals surface area contributed by atoms with Crippen LogP contribution in [0.5, 0.6) is 0 Å². The topological polar surface area (TPSA) is 6.48 Å². The molecule has 1 aliphatic heterocycles. The Morgan fingerprint density at radius 3 is 2.24 bits per heavy atom. The predicted octanol–water partition coefficient (Wildman–Crippen LogP) is 6.78. The van der Waals surface area contributed by atoms with E-state index in [-0.39, 0.29) is 5.82 Å². The van der Waals surface area contributed by atoms with Gasteiger partial charge in [-0.3, -0.25) is 4.90 Å². The number of hydrogen-bond acceptors (Lipinski definition) is 3. The van der Waals surface area contributed by atoms with Gasteiger partial charge in [-0.1, -0.05) is 54.6 Å². The maximum Gasteiger partial charge on any atom is 0.398 e. The van der Waals surface area contributed by atoms with Crippen molar-refractivity contribution in [3.05, 3.63) is 83.7 Å². The number of halogens is 4. The number of thioether (sulfide) groups is 1. The van der Waals surface area contributed by atoms with E-state index in [1.807, 2.05) is 35.2 Å². The molecule has 0 unspecified atom stereocenters. The molecule has 0 amide bonds. The fraction of sp³-hybridized carbons (Fsp3) is 0.308. The average molecular weight is 475 g/mol.